The molecule has 0 fully saturated rings. The van der Waals surface area contributed by atoms with Crippen molar-refractivity contribution in [2.24, 2.45) is 0 Å². The van der Waals surface area contributed by atoms with Crippen LogP contribution in [0.3, 0.4) is 0 Å². The Morgan fingerprint density at radius 3 is 2.61 bits per heavy atom. The third-order valence-corrected chi connectivity index (χ3v) is 3.38. The fourth-order valence-electron chi connectivity index (χ4n) is 2.03. The molecule has 0 bridgehead atoms. The third kappa shape index (κ3) is 5.07. The van der Waals surface area contributed by atoms with Gasteiger partial charge < -0.3 is 14.8 Å². The van der Waals surface area contributed by atoms with Gasteiger partial charge in [0.05, 0.1) is 6.54 Å². The summed E-state index contributed by atoms with van der Waals surface area (Å²) in [5.74, 6) is 0.605. The highest BCUT2D eigenvalue weighted by Gasteiger charge is 2.27. The largest absolute Gasteiger partial charge is 0.463 e. The van der Waals surface area contributed by atoms with Crippen LogP contribution in [0.4, 0.5) is 4.39 Å². The molecule has 23 heavy (non-hydrogen) atoms. The van der Waals surface area contributed by atoms with Crippen molar-refractivity contribution in [2.45, 2.75) is 25.9 Å². The molecule has 1 aromatic heterocycles. The molecule has 0 spiro atoms. The highest BCUT2D eigenvalue weighted by atomic mass is 19.1. The number of carbonyl (C=O) groups excluding carboxylic acids is 1. The highest BCUT2D eigenvalue weighted by Crippen LogP contribution is 2.21. The molecule has 0 aliphatic heterocycles. The Hall–Kier alpha value is -2.40. The predicted molar refractivity (Wildman–Crippen MR) is 86.1 cm³/mol. The molecule has 2 N–H and O–H groups in total. The van der Waals surface area contributed by atoms with Crippen LogP contribution in [-0.2, 0) is 10.4 Å². The van der Waals surface area contributed by atoms with Crippen LogP contribution in [0.5, 0.6) is 0 Å². The molecule has 1 amide bonds. The minimum Gasteiger partial charge on any atom is -0.463 e. The van der Waals surface area contributed by atoms with Gasteiger partial charge in [0, 0.05) is 6.42 Å². The second-order valence-electron chi connectivity index (χ2n) is 5.62. The van der Waals surface area contributed by atoms with Gasteiger partial charge in [-0.25, -0.2) is 4.39 Å². The first kappa shape index (κ1) is 17.0. The molecule has 0 saturated carbocycles. The second kappa shape index (κ2) is 7.24. The van der Waals surface area contributed by atoms with E-state index in [1.165, 1.54) is 12.1 Å². The van der Waals surface area contributed by atoms with E-state index in [1.807, 2.05) is 0 Å². The molecule has 1 aromatic carbocycles. The Kier molecular flexibility index (Phi) is 5.34. The van der Waals surface area contributed by atoms with Gasteiger partial charge in [-0.2, -0.15) is 0 Å². The summed E-state index contributed by atoms with van der Waals surface area (Å²) in [7, 11) is 0. The van der Waals surface area contributed by atoms with E-state index in [9.17, 15) is 14.3 Å². The van der Waals surface area contributed by atoms with Crippen LogP contribution in [0.25, 0.3) is 6.08 Å². The van der Waals surface area contributed by atoms with Gasteiger partial charge in [0.1, 0.15) is 22.9 Å². The van der Waals surface area contributed by atoms with Gasteiger partial charge in [-0.15, -0.1) is 0 Å². The number of amides is 1. The normalized spacial score (nSPS) is 13.9. The fourth-order valence-corrected chi connectivity index (χ4v) is 2.03. The zero-order chi connectivity index (χ0) is 16.9. The van der Waals surface area contributed by atoms with Crippen LogP contribution in [0.2, 0.25) is 0 Å². The van der Waals surface area contributed by atoms with Gasteiger partial charge in [-0.05, 0) is 43.7 Å². The molecule has 2 aromatic rings. The SMILES string of the molecule is Cc1ccc(C(C)(O)CNC(=O)C/C=C/c2ccc(F)cc2)o1. The Labute approximate surface area is 134 Å². The highest BCUT2D eigenvalue weighted by molar-refractivity contribution is 5.78. The van der Waals surface area contributed by atoms with E-state index in [4.69, 9.17) is 4.42 Å². The third-order valence-electron chi connectivity index (χ3n) is 3.38. The average molecular weight is 317 g/mol. The first-order chi connectivity index (χ1) is 10.9. The average Bonchev–Trinajstić information content (AvgIpc) is 2.95. The lowest BCUT2D eigenvalue weighted by molar-refractivity contribution is -0.121. The summed E-state index contributed by atoms with van der Waals surface area (Å²) in [6.07, 6.45) is 3.60. The molecule has 4 nitrogen and oxygen atoms in total. The Bertz CT molecular complexity index is 687. The summed E-state index contributed by atoms with van der Waals surface area (Å²) in [5.41, 5.74) is -0.442. The van der Waals surface area contributed by atoms with E-state index in [0.29, 0.717) is 11.5 Å². The molecule has 0 aliphatic carbocycles. The van der Waals surface area contributed by atoms with Crippen molar-refractivity contribution in [3.05, 3.63) is 65.4 Å². The number of aliphatic hydroxyl groups is 1. The molecule has 0 radical (unpaired) electrons. The van der Waals surface area contributed by atoms with E-state index in [2.05, 4.69) is 5.32 Å². The van der Waals surface area contributed by atoms with Crippen molar-refractivity contribution in [1.29, 1.82) is 0 Å². The molecule has 1 atom stereocenters. The number of carbonyl (C=O) groups is 1. The Morgan fingerprint density at radius 2 is 2.00 bits per heavy atom. The molecule has 122 valence electrons. The lowest BCUT2D eigenvalue weighted by Gasteiger charge is -2.21. The van der Waals surface area contributed by atoms with E-state index >= 15 is 0 Å². The molecule has 0 aliphatic rings. The van der Waals surface area contributed by atoms with Crippen LogP contribution in [0, 0.1) is 12.7 Å². The fraction of sp³-hybridized carbons (Fsp3) is 0.278. The van der Waals surface area contributed by atoms with Crippen molar-refractivity contribution in [3.63, 3.8) is 0 Å². The molecule has 5 heteroatoms. The van der Waals surface area contributed by atoms with Crippen molar-refractivity contribution in [2.75, 3.05) is 6.54 Å². The van der Waals surface area contributed by atoms with Crippen molar-refractivity contribution < 1.29 is 18.7 Å². The molecular weight excluding hydrogens is 297 g/mol. The lowest BCUT2D eigenvalue weighted by Crippen LogP contribution is -2.38. The maximum absolute atomic E-state index is 12.8. The number of aryl methyl sites for hydroxylation is 1. The van der Waals surface area contributed by atoms with E-state index in [1.54, 1.807) is 50.3 Å². The number of rotatable bonds is 6. The second-order valence-corrected chi connectivity index (χ2v) is 5.62. The van der Waals surface area contributed by atoms with Gasteiger partial charge in [-0.1, -0.05) is 24.3 Å². The number of halogens is 1. The monoisotopic (exact) mass is 317 g/mol. The first-order valence-electron chi connectivity index (χ1n) is 7.35. The van der Waals surface area contributed by atoms with Gasteiger partial charge >= 0.3 is 0 Å². The van der Waals surface area contributed by atoms with E-state index in [-0.39, 0.29) is 24.7 Å². The van der Waals surface area contributed by atoms with Crippen molar-refractivity contribution in [1.82, 2.24) is 5.32 Å². The topological polar surface area (TPSA) is 62.5 Å². The molecule has 0 saturated heterocycles. The zero-order valence-corrected chi connectivity index (χ0v) is 13.2. The predicted octanol–water partition coefficient (Wildman–Crippen LogP) is 3.15. The summed E-state index contributed by atoms with van der Waals surface area (Å²) < 4.78 is 18.2. The van der Waals surface area contributed by atoms with Crippen molar-refractivity contribution in [3.8, 4) is 0 Å². The van der Waals surface area contributed by atoms with Gasteiger partial charge in [0.25, 0.3) is 0 Å². The summed E-state index contributed by atoms with van der Waals surface area (Å²) in [6.45, 7) is 3.43. The quantitative estimate of drug-likeness (QED) is 0.860. The molecule has 1 heterocycles. The minimum atomic E-state index is -1.26. The zero-order valence-electron chi connectivity index (χ0n) is 13.2. The van der Waals surface area contributed by atoms with E-state index in [0.717, 1.165) is 5.56 Å². The van der Waals surface area contributed by atoms with Crippen LogP contribution in [0.15, 0.2) is 46.9 Å². The maximum atomic E-state index is 12.8. The summed E-state index contributed by atoms with van der Waals surface area (Å²) in [4.78, 5) is 11.8. The smallest absolute Gasteiger partial charge is 0.223 e. The summed E-state index contributed by atoms with van der Waals surface area (Å²) >= 11 is 0. The van der Waals surface area contributed by atoms with Crippen LogP contribution in [-0.4, -0.2) is 17.6 Å². The molecule has 2 rings (SSSR count). The minimum absolute atomic E-state index is 0.0587. The number of hydrogen-bond donors (Lipinski definition) is 2. The van der Waals surface area contributed by atoms with Crippen LogP contribution < -0.4 is 5.32 Å². The maximum Gasteiger partial charge on any atom is 0.223 e. The Balaban J connectivity index is 1.81. The van der Waals surface area contributed by atoms with Crippen LogP contribution >= 0.6 is 0 Å². The molecule has 1 unspecified atom stereocenters. The molecular formula is C18H20FNO3. The van der Waals surface area contributed by atoms with E-state index < -0.39 is 5.60 Å². The number of benzene rings is 1. The summed E-state index contributed by atoms with van der Waals surface area (Å²) in [6, 6.07) is 9.44. The lowest BCUT2D eigenvalue weighted by atomic mass is 10.0. The van der Waals surface area contributed by atoms with Gasteiger partial charge in [0.2, 0.25) is 5.91 Å². The summed E-state index contributed by atoms with van der Waals surface area (Å²) in [5, 5.41) is 13.0. The number of hydrogen-bond acceptors (Lipinski definition) is 3. The standard InChI is InChI=1S/C18H20FNO3/c1-13-6-11-16(23-13)18(2,22)12-20-17(21)5-3-4-14-7-9-15(19)10-8-14/h3-4,6-11,22H,5,12H2,1-2H3,(H,20,21)/b4-3+. The van der Waals surface area contributed by atoms with Gasteiger partial charge in [0.15, 0.2) is 0 Å². The van der Waals surface area contributed by atoms with Crippen LogP contribution in [0.1, 0.15) is 30.4 Å². The number of furan rings is 1. The van der Waals surface area contributed by atoms with Crippen molar-refractivity contribution >= 4 is 12.0 Å². The Morgan fingerprint density at radius 1 is 1.30 bits per heavy atom. The first-order valence-corrected chi connectivity index (χ1v) is 7.35. The van der Waals surface area contributed by atoms with Gasteiger partial charge in [-0.3, -0.25) is 4.79 Å². The number of nitrogens with one attached hydrogen (secondary N) is 1.